The van der Waals surface area contributed by atoms with Crippen molar-refractivity contribution in [3.63, 3.8) is 0 Å². The molecule has 2 heteroatoms. The second kappa shape index (κ2) is 7.11. The smallest absolute Gasteiger partial charge is 0.120 e. The summed E-state index contributed by atoms with van der Waals surface area (Å²) in [4.78, 5) is 0. The molecule has 0 radical (unpaired) electrons. The third-order valence-electron chi connectivity index (χ3n) is 3.10. The van der Waals surface area contributed by atoms with Gasteiger partial charge in [0.2, 0.25) is 0 Å². The monoisotopic (exact) mass is 269 g/mol. The van der Waals surface area contributed by atoms with E-state index in [1.165, 1.54) is 11.1 Å². The van der Waals surface area contributed by atoms with Crippen molar-refractivity contribution >= 4 is 0 Å². The number of ether oxygens (including phenoxy) is 1. The van der Waals surface area contributed by atoms with E-state index in [-0.39, 0.29) is 12.1 Å². The molecule has 2 aromatic carbocycles. The molecule has 106 valence electrons. The summed E-state index contributed by atoms with van der Waals surface area (Å²) in [5.74, 6) is 0.927. The molecule has 2 nitrogen and oxygen atoms in total. The van der Waals surface area contributed by atoms with Crippen molar-refractivity contribution in [1.29, 1.82) is 0 Å². The molecule has 0 bridgehead atoms. The number of benzene rings is 2. The van der Waals surface area contributed by atoms with Gasteiger partial charge in [-0.2, -0.15) is 0 Å². The molecule has 0 saturated carbocycles. The fraction of sp³-hybridized carbons (Fsp3) is 0.333. The molecular formula is C18H23NO. The zero-order chi connectivity index (χ0) is 14.4. The summed E-state index contributed by atoms with van der Waals surface area (Å²) in [6.45, 7) is 7.15. The Morgan fingerprint density at radius 3 is 2.30 bits per heavy atom. The van der Waals surface area contributed by atoms with Crippen LogP contribution in [0, 0.1) is 0 Å². The summed E-state index contributed by atoms with van der Waals surface area (Å²) in [6, 6.07) is 19.1. The zero-order valence-corrected chi connectivity index (χ0v) is 12.5. The predicted molar refractivity (Wildman–Crippen MR) is 84.2 cm³/mol. The van der Waals surface area contributed by atoms with E-state index in [0.717, 1.165) is 12.3 Å². The normalized spacial score (nSPS) is 12.4. The number of rotatable bonds is 6. The minimum Gasteiger partial charge on any atom is -0.491 e. The van der Waals surface area contributed by atoms with Crippen LogP contribution in [0.5, 0.6) is 5.75 Å². The summed E-state index contributed by atoms with van der Waals surface area (Å²) in [5.41, 5.74) is 2.51. The van der Waals surface area contributed by atoms with Gasteiger partial charge < -0.3 is 10.1 Å². The largest absolute Gasteiger partial charge is 0.491 e. The third-order valence-corrected chi connectivity index (χ3v) is 3.10. The molecule has 0 amide bonds. The first kappa shape index (κ1) is 14.6. The third kappa shape index (κ3) is 3.84. The SMILES string of the molecule is CCNC(c1ccccc1)c1cccc(OC(C)C)c1. The molecule has 0 heterocycles. The van der Waals surface area contributed by atoms with Gasteiger partial charge in [0, 0.05) is 0 Å². The van der Waals surface area contributed by atoms with Crippen LogP contribution < -0.4 is 10.1 Å². The lowest BCUT2D eigenvalue weighted by Gasteiger charge is -2.20. The molecule has 1 N–H and O–H groups in total. The average Bonchev–Trinajstić information content (AvgIpc) is 2.45. The fourth-order valence-electron chi connectivity index (χ4n) is 2.32. The summed E-state index contributed by atoms with van der Waals surface area (Å²) >= 11 is 0. The Morgan fingerprint density at radius 1 is 0.950 bits per heavy atom. The van der Waals surface area contributed by atoms with Gasteiger partial charge in [-0.05, 0) is 43.7 Å². The van der Waals surface area contributed by atoms with Crippen molar-refractivity contribution in [3.8, 4) is 5.75 Å². The van der Waals surface area contributed by atoms with Crippen LogP contribution in [0.4, 0.5) is 0 Å². The van der Waals surface area contributed by atoms with Gasteiger partial charge >= 0.3 is 0 Å². The Hall–Kier alpha value is -1.80. The van der Waals surface area contributed by atoms with E-state index in [1.54, 1.807) is 0 Å². The molecule has 0 fully saturated rings. The van der Waals surface area contributed by atoms with Gasteiger partial charge in [-0.25, -0.2) is 0 Å². The van der Waals surface area contributed by atoms with E-state index in [9.17, 15) is 0 Å². The van der Waals surface area contributed by atoms with Gasteiger partial charge in [-0.1, -0.05) is 49.4 Å². The molecule has 1 unspecified atom stereocenters. The lowest BCUT2D eigenvalue weighted by atomic mass is 9.98. The second-order valence-electron chi connectivity index (χ2n) is 5.14. The summed E-state index contributed by atoms with van der Waals surface area (Å²) in [5, 5.41) is 3.54. The zero-order valence-electron chi connectivity index (χ0n) is 12.5. The van der Waals surface area contributed by atoms with Gasteiger partial charge in [-0.3, -0.25) is 0 Å². The maximum Gasteiger partial charge on any atom is 0.120 e. The Morgan fingerprint density at radius 2 is 1.65 bits per heavy atom. The highest BCUT2D eigenvalue weighted by molar-refractivity contribution is 5.36. The van der Waals surface area contributed by atoms with E-state index in [1.807, 2.05) is 26.0 Å². The molecule has 2 rings (SSSR count). The van der Waals surface area contributed by atoms with Crippen LogP contribution in [0.1, 0.15) is 37.9 Å². The molecule has 0 aliphatic heterocycles. The first-order valence-corrected chi connectivity index (χ1v) is 7.25. The van der Waals surface area contributed by atoms with E-state index in [2.05, 4.69) is 54.7 Å². The number of hydrogen-bond donors (Lipinski definition) is 1. The van der Waals surface area contributed by atoms with Crippen molar-refractivity contribution in [1.82, 2.24) is 5.32 Å². The van der Waals surface area contributed by atoms with Gasteiger partial charge in [0.05, 0.1) is 12.1 Å². The van der Waals surface area contributed by atoms with Crippen LogP contribution in [0.15, 0.2) is 54.6 Å². The maximum atomic E-state index is 5.79. The lowest BCUT2D eigenvalue weighted by Crippen LogP contribution is -2.22. The van der Waals surface area contributed by atoms with E-state index in [4.69, 9.17) is 4.74 Å². The molecular weight excluding hydrogens is 246 g/mol. The van der Waals surface area contributed by atoms with Crippen molar-refractivity contribution < 1.29 is 4.74 Å². The van der Waals surface area contributed by atoms with Crippen molar-refractivity contribution in [2.45, 2.75) is 32.9 Å². The number of hydrogen-bond acceptors (Lipinski definition) is 2. The molecule has 20 heavy (non-hydrogen) atoms. The van der Waals surface area contributed by atoms with Crippen LogP contribution in [0.25, 0.3) is 0 Å². The van der Waals surface area contributed by atoms with Gasteiger partial charge in [0.1, 0.15) is 5.75 Å². The van der Waals surface area contributed by atoms with Gasteiger partial charge in [0.15, 0.2) is 0 Å². The Kier molecular flexibility index (Phi) is 5.19. The van der Waals surface area contributed by atoms with Crippen LogP contribution in [-0.2, 0) is 0 Å². The molecule has 1 atom stereocenters. The molecule has 2 aromatic rings. The quantitative estimate of drug-likeness (QED) is 0.849. The Bertz CT molecular complexity index is 522. The van der Waals surface area contributed by atoms with Crippen molar-refractivity contribution in [2.75, 3.05) is 6.54 Å². The van der Waals surface area contributed by atoms with Crippen molar-refractivity contribution in [3.05, 3.63) is 65.7 Å². The minimum atomic E-state index is 0.194. The van der Waals surface area contributed by atoms with E-state index < -0.39 is 0 Å². The van der Waals surface area contributed by atoms with Crippen molar-refractivity contribution in [2.24, 2.45) is 0 Å². The second-order valence-corrected chi connectivity index (χ2v) is 5.14. The molecule has 0 saturated heterocycles. The first-order chi connectivity index (χ1) is 9.70. The van der Waals surface area contributed by atoms with Gasteiger partial charge in [0.25, 0.3) is 0 Å². The lowest BCUT2D eigenvalue weighted by molar-refractivity contribution is 0.242. The van der Waals surface area contributed by atoms with Crippen LogP contribution in [-0.4, -0.2) is 12.6 Å². The maximum absolute atomic E-state index is 5.79. The summed E-state index contributed by atoms with van der Waals surface area (Å²) in [6.07, 6.45) is 0.194. The molecule has 0 aliphatic carbocycles. The standard InChI is InChI=1S/C18H23NO/c1-4-19-18(15-9-6-5-7-10-15)16-11-8-12-17(13-16)20-14(2)3/h5-14,18-19H,4H2,1-3H3. The highest BCUT2D eigenvalue weighted by Crippen LogP contribution is 2.25. The van der Waals surface area contributed by atoms with E-state index in [0.29, 0.717) is 0 Å². The Labute approximate surface area is 121 Å². The topological polar surface area (TPSA) is 21.3 Å². The van der Waals surface area contributed by atoms with E-state index >= 15 is 0 Å². The molecule has 0 spiro atoms. The average molecular weight is 269 g/mol. The number of nitrogens with one attached hydrogen (secondary N) is 1. The highest BCUT2D eigenvalue weighted by Gasteiger charge is 2.13. The van der Waals surface area contributed by atoms with Crippen LogP contribution in [0.3, 0.4) is 0 Å². The van der Waals surface area contributed by atoms with Crippen LogP contribution >= 0.6 is 0 Å². The molecule has 0 aliphatic rings. The minimum absolute atomic E-state index is 0.194. The summed E-state index contributed by atoms with van der Waals surface area (Å²) < 4.78 is 5.79. The highest BCUT2D eigenvalue weighted by atomic mass is 16.5. The fourth-order valence-corrected chi connectivity index (χ4v) is 2.32. The van der Waals surface area contributed by atoms with Gasteiger partial charge in [-0.15, -0.1) is 0 Å². The molecule has 0 aromatic heterocycles. The first-order valence-electron chi connectivity index (χ1n) is 7.25. The predicted octanol–water partition coefficient (Wildman–Crippen LogP) is 4.17. The van der Waals surface area contributed by atoms with Crippen LogP contribution in [0.2, 0.25) is 0 Å². The Balaban J connectivity index is 2.30. The summed E-state index contributed by atoms with van der Waals surface area (Å²) in [7, 11) is 0.